The van der Waals surface area contributed by atoms with Crippen molar-refractivity contribution in [3.05, 3.63) is 46.6 Å². The molecule has 0 bridgehead atoms. The second kappa shape index (κ2) is 7.99. The molecule has 3 rings (SSSR count). The molecule has 1 atom stereocenters. The molecule has 2 heterocycles. The molecule has 0 saturated heterocycles. The molecular weight excluding hydrogens is 346 g/mol. The molecule has 2 N–H and O–H groups in total. The van der Waals surface area contributed by atoms with E-state index < -0.39 is 0 Å². The van der Waals surface area contributed by atoms with Crippen LogP contribution in [-0.2, 0) is 4.79 Å². The third-order valence-electron chi connectivity index (χ3n) is 4.72. The summed E-state index contributed by atoms with van der Waals surface area (Å²) in [6, 6.07) is 5.84. The first-order valence-electron chi connectivity index (χ1n) is 9.05. The number of aryl methyl sites for hydroxylation is 1. The van der Waals surface area contributed by atoms with Crippen molar-refractivity contribution in [2.45, 2.75) is 39.5 Å². The van der Waals surface area contributed by atoms with Crippen LogP contribution in [0.3, 0.4) is 0 Å². The summed E-state index contributed by atoms with van der Waals surface area (Å²) in [4.78, 5) is 29.4. The fraction of sp³-hybridized carbons (Fsp3) is 0.450. The highest BCUT2D eigenvalue weighted by molar-refractivity contribution is 7.18. The predicted octanol–water partition coefficient (Wildman–Crippen LogP) is 3.97. The number of nitrogens with zero attached hydrogens (tertiary/aromatic N) is 1. The number of pyridine rings is 1. The Balaban J connectivity index is 1.63. The van der Waals surface area contributed by atoms with Crippen LogP contribution in [0, 0.1) is 18.8 Å². The molecule has 0 aromatic carbocycles. The number of carbonyl (C=O) groups excluding carboxylic acids is 2. The van der Waals surface area contributed by atoms with Crippen LogP contribution in [0.25, 0.3) is 0 Å². The molecule has 138 valence electrons. The zero-order valence-electron chi connectivity index (χ0n) is 15.4. The van der Waals surface area contributed by atoms with Gasteiger partial charge in [-0.05, 0) is 48.9 Å². The molecule has 1 fully saturated rings. The zero-order valence-corrected chi connectivity index (χ0v) is 16.2. The van der Waals surface area contributed by atoms with Gasteiger partial charge in [0.15, 0.2) is 0 Å². The van der Waals surface area contributed by atoms with Crippen molar-refractivity contribution < 1.29 is 9.59 Å². The van der Waals surface area contributed by atoms with Gasteiger partial charge in [0, 0.05) is 30.8 Å². The Labute approximate surface area is 158 Å². The molecule has 1 saturated carbocycles. The molecular formula is C20H25N3O2S. The van der Waals surface area contributed by atoms with Crippen molar-refractivity contribution in [2.75, 3.05) is 11.9 Å². The van der Waals surface area contributed by atoms with E-state index in [9.17, 15) is 9.59 Å². The molecule has 5 nitrogen and oxygen atoms in total. The van der Waals surface area contributed by atoms with Crippen LogP contribution in [-0.4, -0.2) is 23.3 Å². The normalized spacial score (nSPS) is 14.9. The van der Waals surface area contributed by atoms with Crippen LogP contribution in [0.5, 0.6) is 0 Å². The Morgan fingerprint density at radius 1 is 1.35 bits per heavy atom. The van der Waals surface area contributed by atoms with E-state index in [2.05, 4.69) is 29.5 Å². The smallest absolute Gasteiger partial charge is 0.261 e. The van der Waals surface area contributed by atoms with Gasteiger partial charge in [0.1, 0.15) is 0 Å². The lowest BCUT2D eigenvalue weighted by Crippen LogP contribution is -2.30. The summed E-state index contributed by atoms with van der Waals surface area (Å²) >= 11 is 1.34. The minimum absolute atomic E-state index is 0.0645. The first kappa shape index (κ1) is 18.6. The Hall–Kier alpha value is -2.21. The Kier molecular flexibility index (Phi) is 5.71. The Morgan fingerprint density at radius 3 is 2.73 bits per heavy atom. The number of anilines is 1. The second-order valence-electron chi connectivity index (χ2n) is 7.23. The quantitative estimate of drug-likeness (QED) is 0.774. The number of hydrogen-bond donors (Lipinski definition) is 2. The maximum atomic E-state index is 12.6. The molecule has 2 aromatic heterocycles. The Bertz CT molecular complexity index is 782. The van der Waals surface area contributed by atoms with Gasteiger partial charge in [-0.1, -0.05) is 19.9 Å². The van der Waals surface area contributed by atoms with Crippen molar-refractivity contribution in [3.8, 4) is 0 Å². The summed E-state index contributed by atoms with van der Waals surface area (Å²) < 4.78 is 0. The molecule has 6 heteroatoms. The van der Waals surface area contributed by atoms with E-state index in [1.807, 2.05) is 31.3 Å². The highest BCUT2D eigenvalue weighted by atomic mass is 32.1. The lowest BCUT2D eigenvalue weighted by atomic mass is 9.89. The number of aromatic nitrogens is 1. The highest BCUT2D eigenvalue weighted by Gasteiger charge is 2.30. The van der Waals surface area contributed by atoms with Gasteiger partial charge in [-0.3, -0.25) is 14.6 Å². The van der Waals surface area contributed by atoms with Gasteiger partial charge < -0.3 is 10.6 Å². The average Bonchev–Trinajstić information content (AvgIpc) is 3.39. The van der Waals surface area contributed by atoms with Crippen LogP contribution >= 0.6 is 11.3 Å². The molecule has 0 radical (unpaired) electrons. The summed E-state index contributed by atoms with van der Waals surface area (Å²) in [5, 5.41) is 6.72. The van der Waals surface area contributed by atoms with Crippen molar-refractivity contribution in [3.63, 3.8) is 0 Å². The van der Waals surface area contributed by atoms with Crippen LogP contribution in [0.4, 0.5) is 5.00 Å². The van der Waals surface area contributed by atoms with Gasteiger partial charge in [-0.15, -0.1) is 11.3 Å². The van der Waals surface area contributed by atoms with Crippen LogP contribution in [0.15, 0.2) is 30.6 Å². The number of amides is 2. The summed E-state index contributed by atoms with van der Waals surface area (Å²) in [5.74, 6) is 0.726. The van der Waals surface area contributed by atoms with Crippen LogP contribution < -0.4 is 10.6 Å². The summed E-state index contributed by atoms with van der Waals surface area (Å²) in [6.07, 6.45) is 5.55. The van der Waals surface area contributed by atoms with Gasteiger partial charge in [0.25, 0.3) is 5.91 Å². The van der Waals surface area contributed by atoms with Gasteiger partial charge in [0.2, 0.25) is 5.91 Å². The average molecular weight is 372 g/mol. The fourth-order valence-corrected chi connectivity index (χ4v) is 3.95. The summed E-state index contributed by atoms with van der Waals surface area (Å²) in [7, 11) is 0. The minimum Gasteiger partial charge on any atom is -0.351 e. The number of rotatable bonds is 7. The van der Waals surface area contributed by atoms with Gasteiger partial charge >= 0.3 is 0 Å². The Morgan fingerprint density at radius 2 is 2.12 bits per heavy atom. The van der Waals surface area contributed by atoms with E-state index in [-0.39, 0.29) is 23.7 Å². The van der Waals surface area contributed by atoms with Crippen molar-refractivity contribution in [2.24, 2.45) is 11.8 Å². The first-order chi connectivity index (χ1) is 12.5. The maximum Gasteiger partial charge on any atom is 0.261 e. The SMILES string of the molecule is Cc1cc(NC(=O)C2CC2)sc1C(=O)NC[C@@H](c1cccnc1)C(C)C. The topological polar surface area (TPSA) is 71.1 Å². The highest BCUT2D eigenvalue weighted by Crippen LogP contribution is 2.33. The predicted molar refractivity (Wildman–Crippen MR) is 105 cm³/mol. The van der Waals surface area contributed by atoms with E-state index in [4.69, 9.17) is 0 Å². The van der Waals surface area contributed by atoms with Gasteiger partial charge in [-0.25, -0.2) is 0 Å². The fourth-order valence-electron chi connectivity index (χ4n) is 2.95. The van der Waals surface area contributed by atoms with E-state index in [0.717, 1.165) is 29.0 Å². The largest absolute Gasteiger partial charge is 0.351 e. The van der Waals surface area contributed by atoms with Gasteiger partial charge in [0.05, 0.1) is 9.88 Å². The summed E-state index contributed by atoms with van der Waals surface area (Å²) in [6.45, 7) is 6.75. The molecule has 1 aliphatic rings. The molecule has 26 heavy (non-hydrogen) atoms. The minimum atomic E-state index is -0.0889. The van der Waals surface area contributed by atoms with Crippen LogP contribution in [0.1, 0.15) is 53.4 Å². The van der Waals surface area contributed by atoms with Crippen molar-refractivity contribution >= 4 is 28.2 Å². The number of thiophene rings is 1. The molecule has 1 aliphatic carbocycles. The zero-order chi connectivity index (χ0) is 18.7. The third-order valence-corrected chi connectivity index (χ3v) is 5.87. The van der Waals surface area contributed by atoms with E-state index in [1.54, 1.807) is 6.20 Å². The number of nitrogens with one attached hydrogen (secondary N) is 2. The lowest BCUT2D eigenvalue weighted by molar-refractivity contribution is -0.117. The molecule has 2 amide bonds. The van der Waals surface area contributed by atoms with Crippen LogP contribution in [0.2, 0.25) is 0 Å². The molecule has 0 unspecified atom stereocenters. The molecule has 0 aliphatic heterocycles. The number of carbonyl (C=O) groups is 2. The molecule has 0 spiro atoms. The number of hydrogen-bond acceptors (Lipinski definition) is 4. The van der Waals surface area contributed by atoms with E-state index >= 15 is 0 Å². The van der Waals surface area contributed by atoms with E-state index in [1.165, 1.54) is 11.3 Å². The maximum absolute atomic E-state index is 12.6. The van der Waals surface area contributed by atoms with Gasteiger partial charge in [-0.2, -0.15) is 0 Å². The van der Waals surface area contributed by atoms with Crippen molar-refractivity contribution in [1.82, 2.24) is 10.3 Å². The van der Waals surface area contributed by atoms with Crippen molar-refractivity contribution in [1.29, 1.82) is 0 Å². The molecule has 2 aromatic rings. The monoisotopic (exact) mass is 371 g/mol. The standard InChI is InChI=1S/C20H25N3O2S/c1-12(2)16(15-5-4-8-21-10-15)11-22-20(25)18-13(3)9-17(26-18)23-19(24)14-6-7-14/h4-5,8-10,12,14,16H,6-7,11H2,1-3H3,(H,22,25)(H,23,24)/t16-/m1/s1. The third kappa shape index (κ3) is 4.49. The first-order valence-corrected chi connectivity index (χ1v) is 9.86. The van der Waals surface area contributed by atoms with E-state index in [0.29, 0.717) is 17.3 Å². The lowest BCUT2D eigenvalue weighted by Gasteiger charge is -2.21. The summed E-state index contributed by atoms with van der Waals surface area (Å²) in [5.41, 5.74) is 2.02. The second-order valence-corrected chi connectivity index (χ2v) is 8.29.